The number of ether oxygens (including phenoxy) is 2. The summed E-state index contributed by atoms with van der Waals surface area (Å²) in [6.07, 6.45) is 6.92. The van der Waals surface area contributed by atoms with Crippen molar-refractivity contribution in [1.82, 2.24) is 5.32 Å². The fourth-order valence-corrected chi connectivity index (χ4v) is 4.73. The molecule has 0 spiro atoms. The van der Waals surface area contributed by atoms with Crippen LogP contribution in [0.1, 0.15) is 57.9 Å². The molecule has 0 bridgehead atoms. The first-order valence-corrected chi connectivity index (χ1v) is 11.8. The molecular weight excluding hydrogens is 386 g/mol. The first-order chi connectivity index (χ1) is 14.0. The molecule has 1 aliphatic rings. The Bertz CT molecular complexity index is 626. The quantitative estimate of drug-likeness (QED) is 0.530. The van der Waals surface area contributed by atoms with Crippen molar-refractivity contribution in [2.75, 3.05) is 18.6 Å². The van der Waals surface area contributed by atoms with Crippen molar-refractivity contribution in [3.8, 4) is 5.75 Å². The van der Waals surface area contributed by atoms with Crippen molar-refractivity contribution in [3.63, 3.8) is 0 Å². The van der Waals surface area contributed by atoms with Gasteiger partial charge >= 0.3 is 5.97 Å². The number of hydrogen-bond acceptors (Lipinski definition) is 5. The number of carbonyl (C=O) groups is 2. The molecule has 1 fully saturated rings. The Morgan fingerprint density at radius 3 is 2.45 bits per heavy atom. The molecule has 0 saturated heterocycles. The van der Waals surface area contributed by atoms with Crippen LogP contribution in [0, 0.1) is 11.8 Å². The lowest BCUT2D eigenvalue weighted by molar-refractivity contribution is -0.148. The van der Waals surface area contributed by atoms with E-state index in [-0.39, 0.29) is 24.4 Å². The van der Waals surface area contributed by atoms with Gasteiger partial charge in [-0.05, 0) is 48.1 Å². The van der Waals surface area contributed by atoms with Crippen LogP contribution in [0.4, 0.5) is 0 Å². The van der Waals surface area contributed by atoms with Crippen LogP contribution in [0.3, 0.4) is 0 Å². The number of thioether (sulfide) groups is 1. The van der Waals surface area contributed by atoms with E-state index in [1.807, 2.05) is 38.1 Å². The lowest BCUT2D eigenvalue weighted by atomic mass is 9.91. The third-order valence-corrected chi connectivity index (χ3v) is 6.39. The third-order valence-electron chi connectivity index (χ3n) is 5.12. The molecule has 5 nitrogen and oxygen atoms in total. The largest absolute Gasteiger partial charge is 0.497 e. The lowest BCUT2D eigenvalue weighted by Crippen LogP contribution is -2.44. The minimum Gasteiger partial charge on any atom is -0.497 e. The molecule has 0 unspecified atom stereocenters. The maximum Gasteiger partial charge on any atom is 0.329 e. The molecule has 6 heteroatoms. The van der Waals surface area contributed by atoms with E-state index in [0.29, 0.717) is 12.2 Å². The van der Waals surface area contributed by atoms with Gasteiger partial charge in [-0.2, -0.15) is 11.8 Å². The van der Waals surface area contributed by atoms with Gasteiger partial charge in [-0.15, -0.1) is 0 Å². The van der Waals surface area contributed by atoms with Crippen LogP contribution in [0.25, 0.3) is 0 Å². The van der Waals surface area contributed by atoms with Gasteiger partial charge < -0.3 is 14.8 Å². The second-order valence-corrected chi connectivity index (χ2v) is 9.29. The monoisotopic (exact) mass is 421 g/mol. The van der Waals surface area contributed by atoms with Crippen molar-refractivity contribution < 1.29 is 19.1 Å². The van der Waals surface area contributed by atoms with Crippen LogP contribution in [0.2, 0.25) is 0 Å². The summed E-state index contributed by atoms with van der Waals surface area (Å²) in [7, 11) is 1.62. The summed E-state index contributed by atoms with van der Waals surface area (Å²) in [6, 6.07) is 6.82. The van der Waals surface area contributed by atoms with Gasteiger partial charge in [-0.3, -0.25) is 4.79 Å². The molecule has 1 aliphatic carbocycles. The molecule has 1 aromatic carbocycles. The SMILES string of the molecule is COc1ccc(COC(=O)[C@H](CSCC2CCCCC2)NC(=O)CC(C)C)cc1. The number of amides is 1. The number of methoxy groups -OCH3 is 1. The van der Waals surface area contributed by atoms with Crippen molar-refractivity contribution in [3.05, 3.63) is 29.8 Å². The topological polar surface area (TPSA) is 64.6 Å². The molecule has 1 atom stereocenters. The number of hydrogen-bond donors (Lipinski definition) is 1. The molecule has 0 aromatic heterocycles. The average molecular weight is 422 g/mol. The second kappa shape index (κ2) is 12.8. The van der Waals surface area contributed by atoms with Crippen LogP contribution >= 0.6 is 11.8 Å². The summed E-state index contributed by atoms with van der Waals surface area (Å²) in [5.74, 6) is 2.89. The van der Waals surface area contributed by atoms with Crippen LogP contribution in [0.15, 0.2) is 24.3 Å². The average Bonchev–Trinajstić information content (AvgIpc) is 2.72. The van der Waals surface area contributed by atoms with E-state index in [0.717, 1.165) is 23.0 Å². The molecule has 1 amide bonds. The first-order valence-electron chi connectivity index (χ1n) is 10.6. The normalized spacial score (nSPS) is 15.7. The fourth-order valence-electron chi connectivity index (χ4n) is 3.48. The van der Waals surface area contributed by atoms with E-state index in [1.54, 1.807) is 18.9 Å². The van der Waals surface area contributed by atoms with Gasteiger partial charge in [0.05, 0.1) is 7.11 Å². The molecule has 1 aromatic rings. The first kappa shape index (κ1) is 23.6. The Morgan fingerprint density at radius 1 is 1.14 bits per heavy atom. The summed E-state index contributed by atoms with van der Waals surface area (Å²) >= 11 is 1.75. The number of esters is 1. The Balaban J connectivity index is 1.86. The zero-order valence-electron chi connectivity index (χ0n) is 17.9. The van der Waals surface area contributed by atoms with Crippen molar-refractivity contribution in [2.45, 2.75) is 65.0 Å². The predicted molar refractivity (Wildman–Crippen MR) is 118 cm³/mol. The summed E-state index contributed by atoms with van der Waals surface area (Å²) in [5.41, 5.74) is 0.890. The van der Waals surface area contributed by atoms with Gasteiger partial charge in [0.15, 0.2) is 0 Å². The maximum atomic E-state index is 12.7. The Morgan fingerprint density at radius 2 is 1.83 bits per heavy atom. The van der Waals surface area contributed by atoms with Gasteiger partial charge in [0.1, 0.15) is 18.4 Å². The molecule has 0 aliphatic heterocycles. The molecular formula is C23H35NO4S. The van der Waals surface area contributed by atoms with Crippen molar-refractivity contribution in [1.29, 1.82) is 0 Å². The molecule has 29 heavy (non-hydrogen) atoms. The van der Waals surface area contributed by atoms with E-state index in [4.69, 9.17) is 9.47 Å². The highest BCUT2D eigenvalue weighted by Crippen LogP contribution is 2.27. The number of nitrogens with one attached hydrogen (secondary N) is 1. The summed E-state index contributed by atoms with van der Waals surface area (Å²) < 4.78 is 10.6. The fraction of sp³-hybridized carbons (Fsp3) is 0.652. The second-order valence-electron chi connectivity index (χ2n) is 8.22. The highest BCUT2D eigenvalue weighted by atomic mass is 32.2. The predicted octanol–water partition coefficient (Wildman–Crippen LogP) is 4.58. The number of carbonyl (C=O) groups excluding carboxylic acids is 2. The lowest BCUT2D eigenvalue weighted by Gasteiger charge is -2.23. The van der Waals surface area contributed by atoms with Crippen LogP contribution in [-0.4, -0.2) is 36.5 Å². The zero-order valence-corrected chi connectivity index (χ0v) is 18.8. The van der Waals surface area contributed by atoms with E-state index in [1.165, 1.54) is 32.1 Å². The Hall–Kier alpha value is -1.69. The van der Waals surface area contributed by atoms with Gasteiger partial charge in [0.2, 0.25) is 5.91 Å². The van der Waals surface area contributed by atoms with Gasteiger partial charge in [0, 0.05) is 12.2 Å². The summed E-state index contributed by atoms with van der Waals surface area (Å²) in [4.78, 5) is 24.9. The molecule has 0 radical (unpaired) electrons. The Labute approximate surface area is 179 Å². The van der Waals surface area contributed by atoms with E-state index in [9.17, 15) is 9.59 Å². The summed E-state index contributed by atoms with van der Waals surface area (Å²) in [6.45, 7) is 4.18. The maximum absolute atomic E-state index is 12.7. The molecule has 2 rings (SSSR count). The van der Waals surface area contributed by atoms with Gasteiger partial charge in [0.25, 0.3) is 0 Å². The van der Waals surface area contributed by atoms with Crippen LogP contribution in [-0.2, 0) is 20.9 Å². The number of rotatable bonds is 11. The van der Waals surface area contributed by atoms with Crippen molar-refractivity contribution in [2.24, 2.45) is 11.8 Å². The highest BCUT2D eigenvalue weighted by molar-refractivity contribution is 7.99. The minimum absolute atomic E-state index is 0.0929. The van der Waals surface area contributed by atoms with Gasteiger partial charge in [-0.25, -0.2) is 4.79 Å². The number of benzene rings is 1. The van der Waals surface area contributed by atoms with Crippen molar-refractivity contribution >= 4 is 23.6 Å². The smallest absolute Gasteiger partial charge is 0.329 e. The van der Waals surface area contributed by atoms with Crippen LogP contribution in [0.5, 0.6) is 5.75 Å². The zero-order chi connectivity index (χ0) is 21.1. The standard InChI is InChI=1S/C23H35NO4S/c1-17(2)13-22(25)24-21(16-29-15-19-7-5-4-6-8-19)23(26)28-14-18-9-11-20(27-3)12-10-18/h9-12,17,19,21H,4-8,13-16H2,1-3H3,(H,24,25)/t21-/m0/s1. The van der Waals surface area contributed by atoms with Gasteiger partial charge in [-0.1, -0.05) is 45.2 Å². The molecule has 1 N–H and O–H groups in total. The Kier molecular flexibility index (Phi) is 10.4. The highest BCUT2D eigenvalue weighted by Gasteiger charge is 2.24. The minimum atomic E-state index is -0.604. The van der Waals surface area contributed by atoms with E-state index in [2.05, 4.69) is 5.32 Å². The third kappa shape index (κ3) is 9.11. The molecule has 162 valence electrons. The van der Waals surface area contributed by atoms with Crippen LogP contribution < -0.4 is 10.1 Å². The van der Waals surface area contributed by atoms with E-state index < -0.39 is 6.04 Å². The van der Waals surface area contributed by atoms with E-state index >= 15 is 0 Å². The molecule has 1 saturated carbocycles. The summed E-state index contributed by atoms with van der Waals surface area (Å²) in [5, 5.41) is 2.89. The molecule has 0 heterocycles.